The SMILES string of the molecule is COc1cc(S(=O)(=O)N(C)c2ccccc2)ccc1-c1ccc([C@@H](C)N2CCCCC2)[nH]1. The van der Waals surface area contributed by atoms with Crippen LogP contribution in [0.4, 0.5) is 5.69 Å². The Hall–Kier alpha value is -2.77. The number of likely N-dealkylation sites (tertiary alicyclic amines) is 1. The standard InChI is InChI=1S/C25H31N3O3S/c1-19(28-16-8-5-9-17-28)23-14-15-24(26-23)22-13-12-21(18-25(22)31-3)32(29,30)27(2)20-10-6-4-7-11-20/h4,6-7,10-15,18-19,26H,5,8-9,16-17H2,1-3H3/t19-/m1/s1. The second-order valence-corrected chi connectivity index (χ2v) is 10.2. The number of hydrogen-bond donors (Lipinski definition) is 1. The van der Waals surface area contributed by atoms with E-state index in [9.17, 15) is 8.42 Å². The summed E-state index contributed by atoms with van der Waals surface area (Å²) in [5.74, 6) is 0.520. The van der Waals surface area contributed by atoms with Crippen LogP contribution in [0.5, 0.6) is 5.75 Å². The Balaban J connectivity index is 1.61. The van der Waals surface area contributed by atoms with Gasteiger partial charge in [0.05, 0.1) is 17.7 Å². The average Bonchev–Trinajstić information content (AvgIpc) is 3.33. The highest BCUT2D eigenvalue weighted by molar-refractivity contribution is 7.92. The van der Waals surface area contributed by atoms with Crippen molar-refractivity contribution in [3.63, 3.8) is 0 Å². The minimum absolute atomic E-state index is 0.193. The Kier molecular flexibility index (Phi) is 6.58. The van der Waals surface area contributed by atoms with Crippen LogP contribution in [0.3, 0.4) is 0 Å². The largest absolute Gasteiger partial charge is 0.496 e. The lowest BCUT2D eigenvalue weighted by molar-refractivity contribution is 0.172. The van der Waals surface area contributed by atoms with Gasteiger partial charge in [0.1, 0.15) is 5.75 Å². The first-order valence-corrected chi connectivity index (χ1v) is 12.5. The predicted octanol–water partition coefficient (Wildman–Crippen LogP) is 5.06. The van der Waals surface area contributed by atoms with E-state index in [4.69, 9.17) is 4.74 Å². The molecule has 2 aromatic carbocycles. The fourth-order valence-corrected chi connectivity index (χ4v) is 5.52. The highest BCUT2D eigenvalue weighted by Gasteiger charge is 2.24. The van der Waals surface area contributed by atoms with Crippen molar-refractivity contribution in [2.24, 2.45) is 0 Å². The van der Waals surface area contributed by atoms with Crippen LogP contribution in [-0.2, 0) is 10.0 Å². The molecule has 0 spiro atoms. The number of nitrogens with one attached hydrogen (secondary N) is 1. The number of ether oxygens (including phenoxy) is 1. The molecule has 7 heteroatoms. The van der Waals surface area contributed by atoms with Gasteiger partial charge in [-0.05, 0) is 69.3 Å². The minimum atomic E-state index is -3.71. The number of H-pyrrole nitrogens is 1. The van der Waals surface area contributed by atoms with E-state index in [1.54, 1.807) is 38.4 Å². The van der Waals surface area contributed by atoms with Gasteiger partial charge in [-0.1, -0.05) is 24.6 Å². The molecule has 1 N–H and O–H groups in total. The number of sulfonamides is 1. The molecule has 6 nitrogen and oxygen atoms in total. The first kappa shape index (κ1) is 22.4. The number of hydrogen-bond acceptors (Lipinski definition) is 4. The maximum Gasteiger partial charge on any atom is 0.264 e. The Morgan fingerprint density at radius 3 is 2.41 bits per heavy atom. The summed E-state index contributed by atoms with van der Waals surface area (Å²) in [4.78, 5) is 6.22. The fourth-order valence-electron chi connectivity index (χ4n) is 4.30. The van der Waals surface area contributed by atoms with Crippen molar-refractivity contribution in [3.8, 4) is 17.0 Å². The second-order valence-electron chi connectivity index (χ2n) is 8.27. The summed E-state index contributed by atoms with van der Waals surface area (Å²) >= 11 is 0. The van der Waals surface area contributed by atoms with Gasteiger partial charge in [0.15, 0.2) is 0 Å². The summed E-state index contributed by atoms with van der Waals surface area (Å²) in [5.41, 5.74) is 3.52. The van der Waals surface area contributed by atoms with E-state index in [2.05, 4.69) is 22.9 Å². The predicted molar refractivity (Wildman–Crippen MR) is 129 cm³/mol. The molecule has 1 aliphatic rings. The third-order valence-corrected chi connectivity index (χ3v) is 8.12. The number of benzene rings is 2. The highest BCUT2D eigenvalue weighted by Crippen LogP contribution is 2.34. The van der Waals surface area contributed by atoms with Gasteiger partial charge in [-0.25, -0.2) is 8.42 Å². The van der Waals surface area contributed by atoms with E-state index in [0.717, 1.165) is 30.0 Å². The van der Waals surface area contributed by atoms with Crippen LogP contribution in [0.1, 0.15) is 37.9 Å². The zero-order valence-corrected chi connectivity index (χ0v) is 19.7. The van der Waals surface area contributed by atoms with E-state index >= 15 is 0 Å². The first-order valence-electron chi connectivity index (χ1n) is 11.1. The Labute approximate surface area is 190 Å². The van der Waals surface area contributed by atoms with Crippen molar-refractivity contribution in [2.75, 3.05) is 31.6 Å². The molecule has 1 aliphatic heterocycles. The van der Waals surface area contributed by atoms with Crippen LogP contribution in [-0.4, -0.2) is 45.5 Å². The lowest BCUT2D eigenvalue weighted by atomic mass is 10.1. The van der Waals surface area contributed by atoms with Crippen LogP contribution in [0, 0.1) is 0 Å². The Bertz CT molecular complexity index is 1150. The molecule has 170 valence electrons. The topological polar surface area (TPSA) is 65.6 Å². The molecule has 4 rings (SSSR count). The summed E-state index contributed by atoms with van der Waals surface area (Å²) in [5, 5.41) is 0. The van der Waals surface area contributed by atoms with Crippen molar-refractivity contribution in [1.29, 1.82) is 0 Å². The van der Waals surface area contributed by atoms with Crippen molar-refractivity contribution >= 4 is 15.7 Å². The second kappa shape index (κ2) is 9.38. The van der Waals surface area contributed by atoms with Crippen LogP contribution in [0.15, 0.2) is 65.6 Å². The van der Waals surface area contributed by atoms with Crippen molar-refractivity contribution in [2.45, 2.75) is 37.1 Å². The third-order valence-electron chi connectivity index (χ3n) is 6.34. The van der Waals surface area contributed by atoms with Gasteiger partial charge in [0, 0.05) is 36.1 Å². The van der Waals surface area contributed by atoms with Gasteiger partial charge in [-0.15, -0.1) is 0 Å². The summed E-state index contributed by atoms with van der Waals surface area (Å²) in [6.45, 7) is 4.48. The van der Waals surface area contributed by atoms with Crippen molar-refractivity contribution in [3.05, 3.63) is 66.4 Å². The van der Waals surface area contributed by atoms with E-state index < -0.39 is 10.0 Å². The molecule has 3 aromatic rings. The van der Waals surface area contributed by atoms with E-state index in [-0.39, 0.29) is 4.90 Å². The average molecular weight is 454 g/mol. The summed E-state index contributed by atoms with van der Waals surface area (Å²) in [7, 11) is -0.584. The first-order chi connectivity index (χ1) is 15.4. The number of anilines is 1. The smallest absolute Gasteiger partial charge is 0.264 e. The Morgan fingerprint density at radius 2 is 1.72 bits per heavy atom. The van der Waals surface area contributed by atoms with Gasteiger partial charge in [-0.3, -0.25) is 9.21 Å². The van der Waals surface area contributed by atoms with E-state index in [1.807, 2.05) is 30.3 Å². The number of nitrogens with zero attached hydrogens (tertiary/aromatic N) is 2. The van der Waals surface area contributed by atoms with Crippen LogP contribution in [0.2, 0.25) is 0 Å². The number of methoxy groups -OCH3 is 1. The fraction of sp³-hybridized carbons (Fsp3) is 0.360. The molecule has 0 unspecified atom stereocenters. The van der Waals surface area contributed by atoms with Gasteiger partial charge in [0.25, 0.3) is 10.0 Å². The number of rotatable bonds is 7. The van der Waals surface area contributed by atoms with Crippen molar-refractivity contribution < 1.29 is 13.2 Å². The molecule has 1 atom stereocenters. The lowest BCUT2D eigenvalue weighted by Gasteiger charge is -2.31. The zero-order chi connectivity index (χ0) is 22.7. The molecule has 2 heterocycles. The van der Waals surface area contributed by atoms with Gasteiger partial charge in [-0.2, -0.15) is 0 Å². The van der Waals surface area contributed by atoms with Gasteiger partial charge >= 0.3 is 0 Å². The van der Waals surface area contributed by atoms with Crippen LogP contribution < -0.4 is 9.04 Å². The minimum Gasteiger partial charge on any atom is -0.496 e. The molecule has 0 radical (unpaired) electrons. The molecule has 1 fully saturated rings. The van der Waals surface area contributed by atoms with Crippen LogP contribution in [0.25, 0.3) is 11.3 Å². The van der Waals surface area contributed by atoms with Gasteiger partial charge in [0.2, 0.25) is 0 Å². The van der Waals surface area contributed by atoms with E-state index in [0.29, 0.717) is 17.5 Å². The number of piperidine rings is 1. The van der Waals surface area contributed by atoms with Crippen LogP contribution >= 0.6 is 0 Å². The zero-order valence-electron chi connectivity index (χ0n) is 18.9. The number of para-hydroxylation sites is 1. The summed E-state index contributed by atoms with van der Waals surface area (Å²) in [6.07, 6.45) is 3.81. The van der Waals surface area contributed by atoms with E-state index in [1.165, 1.54) is 23.6 Å². The molecule has 0 aliphatic carbocycles. The molecular weight excluding hydrogens is 422 g/mol. The molecule has 1 saturated heterocycles. The van der Waals surface area contributed by atoms with Gasteiger partial charge < -0.3 is 9.72 Å². The molecule has 1 aromatic heterocycles. The summed E-state index contributed by atoms with van der Waals surface area (Å²) < 4.78 is 33.2. The molecule has 0 bridgehead atoms. The maximum atomic E-state index is 13.2. The molecular formula is C25H31N3O3S. The molecule has 0 saturated carbocycles. The number of aromatic amines is 1. The molecule has 32 heavy (non-hydrogen) atoms. The highest BCUT2D eigenvalue weighted by atomic mass is 32.2. The summed E-state index contributed by atoms with van der Waals surface area (Å²) in [6, 6.07) is 18.6. The maximum absolute atomic E-state index is 13.2. The molecule has 0 amide bonds. The monoisotopic (exact) mass is 453 g/mol. The Morgan fingerprint density at radius 1 is 1.00 bits per heavy atom. The lowest BCUT2D eigenvalue weighted by Crippen LogP contribution is -2.32. The number of aromatic nitrogens is 1. The quantitative estimate of drug-likeness (QED) is 0.543. The van der Waals surface area contributed by atoms with Crippen molar-refractivity contribution in [1.82, 2.24) is 9.88 Å². The third kappa shape index (κ3) is 4.40. The normalized spacial score (nSPS) is 16.0.